The molecule has 3 atom stereocenters. The number of carbonyl (C=O) groups excluding carboxylic acids is 2. The van der Waals surface area contributed by atoms with Crippen LogP contribution >= 0.6 is 0 Å². The molecule has 2 amide bonds. The van der Waals surface area contributed by atoms with Gasteiger partial charge in [-0.05, 0) is 105 Å². The van der Waals surface area contributed by atoms with Gasteiger partial charge in [0, 0.05) is 37.5 Å². The van der Waals surface area contributed by atoms with Crippen LogP contribution in [-0.4, -0.2) is 66.4 Å². The normalized spacial score (nSPS) is 24.5. The summed E-state index contributed by atoms with van der Waals surface area (Å²) in [6.07, 6.45) is 8.25. The van der Waals surface area contributed by atoms with E-state index in [-0.39, 0.29) is 11.8 Å². The molecule has 2 aliphatic heterocycles. The Labute approximate surface area is 207 Å². The Morgan fingerprint density at radius 3 is 2.46 bits per heavy atom. The minimum atomic E-state index is -0.104. The first-order chi connectivity index (χ1) is 17.0. The van der Waals surface area contributed by atoms with Gasteiger partial charge in [0.2, 0.25) is 5.91 Å². The van der Waals surface area contributed by atoms with Crippen LogP contribution < -0.4 is 11.1 Å². The quantitative estimate of drug-likeness (QED) is 0.603. The van der Waals surface area contributed by atoms with Crippen LogP contribution in [-0.2, 0) is 4.79 Å². The maximum absolute atomic E-state index is 13.0. The van der Waals surface area contributed by atoms with Crippen molar-refractivity contribution in [2.45, 2.75) is 25.2 Å². The van der Waals surface area contributed by atoms with Crippen LogP contribution in [0.1, 0.15) is 46.7 Å². The summed E-state index contributed by atoms with van der Waals surface area (Å²) < 4.78 is 0. The number of rotatable bonds is 7. The van der Waals surface area contributed by atoms with E-state index in [2.05, 4.69) is 34.4 Å². The standard InChI is InChI=1S/C28H35N5O2/c1-32-14-11-21(12-15-32)20-4-6-22(7-5-20)28(35)33-17-24-23(25(24)18-33)10-13-30-27(34)9-3-19-2-8-26(29)31-16-19/h2-9,16,21,23-25H,10-15,17-18H2,1H3,(H2,29,31)(H,30,34)/b9-3+/t23-,24-,25+. The fourth-order valence-electron chi connectivity index (χ4n) is 5.77. The number of amides is 2. The third-order valence-electron chi connectivity index (χ3n) is 8.02. The van der Waals surface area contributed by atoms with Crippen LogP contribution in [0.2, 0.25) is 0 Å². The van der Waals surface area contributed by atoms with Gasteiger partial charge in [-0.3, -0.25) is 9.59 Å². The van der Waals surface area contributed by atoms with Crippen LogP contribution in [0.25, 0.3) is 6.08 Å². The van der Waals surface area contributed by atoms with Crippen molar-refractivity contribution in [3.8, 4) is 0 Å². The Kier molecular flexibility index (Phi) is 6.86. The molecule has 0 unspecified atom stereocenters. The molecule has 184 valence electrons. The fourth-order valence-corrected chi connectivity index (χ4v) is 5.77. The first-order valence-corrected chi connectivity index (χ1v) is 12.7. The van der Waals surface area contributed by atoms with Gasteiger partial charge < -0.3 is 20.9 Å². The lowest BCUT2D eigenvalue weighted by Gasteiger charge is -2.29. The van der Waals surface area contributed by atoms with Gasteiger partial charge in [-0.25, -0.2) is 4.98 Å². The van der Waals surface area contributed by atoms with E-state index in [1.165, 1.54) is 24.5 Å². The van der Waals surface area contributed by atoms with E-state index in [1.807, 2.05) is 23.1 Å². The van der Waals surface area contributed by atoms with Crippen LogP contribution in [0.5, 0.6) is 0 Å². The molecule has 1 aromatic carbocycles. The lowest BCUT2D eigenvalue weighted by Crippen LogP contribution is -2.32. The highest BCUT2D eigenvalue weighted by molar-refractivity contribution is 5.94. The van der Waals surface area contributed by atoms with Gasteiger partial charge in [0.1, 0.15) is 5.82 Å². The number of fused-ring (bicyclic) bond motifs is 1. The third kappa shape index (κ3) is 5.56. The number of carbonyl (C=O) groups is 2. The number of pyridine rings is 1. The first-order valence-electron chi connectivity index (χ1n) is 12.7. The predicted molar refractivity (Wildman–Crippen MR) is 138 cm³/mol. The van der Waals surface area contributed by atoms with E-state index in [0.29, 0.717) is 36.0 Å². The highest BCUT2D eigenvalue weighted by atomic mass is 16.2. The molecular weight excluding hydrogens is 438 g/mol. The van der Waals surface area contributed by atoms with Gasteiger partial charge in [-0.15, -0.1) is 0 Å². The van der Waals surface area contributed by atoms with Gasteiger partial charge in [-0.2, -0.15) is 0 Å². The monoisotopic (exact) mass is 473 g/mol. The van der Waals surface area contributed by atoms with Crippen molar-refractivity contribution in [3.63, 3.8) is 0 Å². The van der Waals surface area contributed by atoms with Gasteiger partial charge in [0.05, 0.1) is 0 Å². The minimum Gasteiger partial charge on any atom is -0.384 e. The molecule has 0 spiro atoms. The number of aromatic nitrogens is 1. The van der Waals surface area contributed by atoms with Crippen molar-refractivity contribution in [1.29, 1.82) is 0 Å². The number of nitrogens with zero attached hydrogens (tertiary/aromatic N) is 3. The number of likely N-dealkylation sites (tertiary alicyclic amines) is 2. The molecule has 2 saturated heterocycles. The Balaban J connectivity index is 1.03. The SMILES string of the molecule is CN1CCC(c2ccc(C(=O)N3C[C@@H]4[C@@H](CCNC(=O)/C=C/c5ccc(N)nc5)[C@@H]4C3)cc2)CC1. The number of hydrogen-bond acceptors (Lipinski definition) is 5. The summed E-state index contributed by atoms with van der Waals surface area (Å²) in [5, 5.41) is 2.97. The maximum atomic E-state index is 13.0. The molecule has 3 fully saturated rings. The summed E-state index contributed by atoms with van der Waals surface area (Å²) >= 11 is 0. The van der Waals surface area contributed by atoms with Crippen molar-refractivity contribution in [2.75, 3.05) is 45.5 Å². The van der Waals surface area contributed by atoms with E-state index >= 15 is 0 Å². The number of nitrogens with two attached hydrogens (primary N) is 1. The molecule has 3 N–H and O–H groups in total. The van der Waals surface area contributed by atoms with E-state index in [4.69, 9.17) is 5.73 Å². The largest absolute Gasteiger partial charge is 0.384 e. The summed E-state index contributed by atoms with van der Waals surface area (Å²) in [6.45, 7) is 4.62. The molecule has 1 aromatic heterocycles. The second-order valence-corrected chi connectivity index (χ2v) is 10.3. The van der Waals surface area contributed by atoms with E-state index in [9.17, 15) is 9.59 Å². The number of hydrogen-bond donors (Lipinski definition) is 2. The van der Waals surface area contributed by atoms with Crippen LogP contribution in [0.15, 0.2) is 48.7 Å². The topological polar surface area (TPSA) is 91.6 Å². The molecule has 7 heteroatoms. The highest BCUT2D eigenvalue weighted by Gasteiger charge is 2.55. The molecule has 0 radical (unpaired) electrons. The lowest BCUT2D eigenvalue weighted by atomic mass is 9.89. The lowest BCUT2D eigenvalue weighted by molar-refractivity contribution is -0.116. The van der Waals surface area contributed by atoms with E-state index < -0.39 is 0 Å². The fraction of sp³-hybridized carbons (Fsp3) is 0.464. The summed E-state index contributed by atoms with van der Waals surface area (Å²) in [7, 11) is 2.18. The Morgan fingerprint density at radius 1 is 1.09 bits per heavy atom. The number of anilines is 1. The third-order valence-corrected chi connectivity index (χ3v) is 8.02. The van der Waals surface area contributed by atoms with Gasteiger partial charge in [-0.1, -0.05) is 12.1 Å². The summed E-state index contributed by atoms with van der Waals surface area (Å²) in [4.78, 5) is 33.5. The van der Waals surface area contributed by atoms with Crippen molar-refractivity contribution in [2.24, 2.45) is 17.8 Å². The molecule has 1 saturated carbocycles. The second kappa shape index (κ2) is 10.2. The number of nitrogens with one attached hydrogen (secondary N) is 1. The average Bonchev–Trinajstić information content (AvgIpc) is 3.31. The maximum Gasteiger partial charge on any atom is 0.253 e. The number of nitrogen functional groups attached to an aromatic ring is 1. The smallest absolute Gasteiger partial charge is 0.253 e. The molecule has 7 nitrogen and oxygen atoms in total. The predicted octanol–water partition coefficient (Wildman–Crippen LogP) is 3.01. The number of piperidine rings is 2. The minimum absolute atomic E-state index is 0.104. The molecule has 35 heavy (non-hydrogen) atoms. The Bertz CT molecular complexity index is 1060. The zero-order valence-electron chi connectivity index (χ0n) is 20.4. The molecule has 2 aromatic rings. The number of benzene rings is 1. The van der Waals surface area contributed by atoms with Crippen molar-refractivity contribution in [1.82, 2.24) is 20.1 Å². The van der Waals surface area contributed by atoms with E-state index in [0.717, 1.165) is 43.7 Å². The molecule has 3 aliphatic rings. The summed E-state index contributed by atoms with van der Waals surface area (Å²) in [6, 6.07) is 11.9. The van der Waals surface area contributed by atoms with Gasteiger partial charge in [0.25, 0.3) is 5.91 Å². The summed E-state index contributed by atoms with van der Waals surface area (Å²) in [5.41, 5.74) is 8.58. The highest BCUT2D eigenvalue weighted by Crippen LogP contribution is 2.53. The summed E-state index contributed by atoms with van der Waals surface area (Å²) in [5.74, 6) is 2.88. The molecule has 0 bridgehead atoms. The molecule has 1 aliphatic carbocycles. The molecule has 5 rings (SSSR count). The molecule has 3 heterocycles. The molecular formula is C28H35N5O2. The Hall–Kier alpha value is -3.19. The second-order valence-electron chi connectivity index (χ2n) is 10.3. The average molecular weight is 474 g/mol. The van der Waals surface area contributed by atoms with Crippen LogP contribution in [0, 0.1) is 17.8 Å². The first kappa shape index (κ1) is 23.5. The van der Waals surface area contributed by atoms with Crippen molar-refractivity contribution < 1.29 is 9.59 Å². The van der Waals surface area contributed by atoms with Crippen molar-refractivity contribution >= 4 is 23.7 Å². The van der Waals surface area contributed by atoms with Crippen molar-refractivity contribution in [3.05, 3.63) is 65.4 Å². The Morgan fingerprint density at radius 2 is 1.80 bits per heavy atom. The van der Waals surface area contributed by atoms with E-state index in [1.54, 1.807) is 18.3 Å². The van der Waals surface area contributed by atoms with Gasteiger partial charge in [0.15, 0.2) is 0 Å². The zero-order valence-corrected chi connectivity index (χ0v) is 20.4. The zero-order chi connectivity index (χ0) is 24.4. The van der Waals surface area contributed by atoms with Gasteiger partial charge >= 0.3 is 0 Å². The van der Waals surface area contributed by atoms with Crippen LogP contribution in [0.3, 0.4) is 0 Å². The van der Waals surface area contributed by atoms with Crippen LogP contribution in [0.4, 0.5) is 5.82 Å².